The molecule has 1 saturated heterocycles. The Bertz CT molecular complexity index is 486. The highest BCUT2D eigenvalue weighted by atomic mass is 16.1. The molecular weight excluding hydrogens is 260 g/mol. The quantitative estimate of drug-likeness (QED) is 0.832. The van der Waals surface area contributed by atoms with Gasteiger partial charge in [-0.25, -0.2) is 0 Å². The molecule has 0 saturated carbocycles. The minimum atomic E-state index is 0.570. The van der Waals surface area contributed by atoms with Crippen LogP contribution in [0.3, 0.4) is 0 Å². The molecule has 0 bridgehead atoms. The van der Waals surface area contributed by atoms with Gasteiger partial charge in [0, 0.05) is 13.0 Å². The largest absolute Gasteiger partial charge is 0.316 e. The number of aldehydes is 1. The van der Waals surface area contributed by atoms with Crippen molar-refractivity contribution in [2.45, 2.75) is 38.0 Å². The zero-order valence-corrected chi connectivity index (χ0v) is 12.7. The first-order valence-corrected chi connectivity index (χ1v) is 8.35. The molecule has 0 amide bonds. The molecule has 1 aromatic carbocycles. The molecule has 3 heteroatoms. The number of piperidine rings is 1. The predicted molar refractivity (Wildman–Crippen MR) is 85.7 cm³/mol. The van der Waals surface area contributed by atoms with Crippen LogP contribution < -0.4 is 10.6 Å². The van der Waals surface area contributed by atoms with E-state index in [2.05, 4.69) is 28.8 Å². The van der Waals surface area contributed by atoms with Crippen LogP contribution in [0.1, 0.15) is 41.9 Å². The van der Waals surface area contributed by atoms with Gasteiger partial charge in [-0.05, 0) is 73.8 Å². The van der Waals surface area contributed by atoms with Gasteiger partial charge in [0.05, 0.1) is 0 Å². The third-order valence-electron chi connectivity index (χ3n) is 5.08. The second kappa shape index (κ2) is 7.19. The van der Waals surface area contributed by atoms with Gasteiger partial charge >= 0.3 is 0 Å². The molecular formula is C18H26N2O. The van der Waals surface area contributed by atoms with Crippen LogP contribution in [-0.2, 0) is 17.6 Å². The van der Waals surface area contributed by atoms with Crippen LogP contribution >= 0.6 is 0 Å². The smallest absolute Gasteiger partial charge is 0.120 e. The highest BCUT2D eigenvalue weighted by Crippen LogP contribution is 2.33. The zero-order valence-electron chi connectivity index (χ0n) is 12.7. The SMILES string of the molecule is O=CCCC1CCNCC1c1ccc2c(c1)CCNCC2. The molecule has 114 valence electrons. The van der Waals surface area contributed by atoms with Crippen LogP contribution in [0, 0.1) is 5.92 Å². The van der Waals surface area contributed by atoms with Crippen molar-refractivity contribution in [2.24, 2.45) is 5.92 Å². The number of nitrogens with one attached hydrogen (secondary N) is 2. The predicted octanol–water partition coefficient (Wildman–Crippen LogP) is 2.05. The number of hydrogen-bond acceptors (Lipinski definition) is 3. The lowest BCUT2D eigenvalue weighted by Gasteiger charge is -2.32. The third-order valence-corrected chi connectivity index (χ3v) is 5.08. The summed E-state index contributed by atoms with van der Waals surface area (Å²) in [4.78, 5) is 10.7. The van der Waals surface area contributed by atoms with Crippen LogP contribution in [0.5, 0.6) is 0 Å². The van der Waals surface area contributed by atoms with Crippen LogP contribution in [0.4, 0.5) is 0 Å². The summed E-state index contributed by atoms with van der Waals surface area (Å²) < 4.78 is 0. The lowest BCUT2D eigenvalue weighted by molar-refractivity contribution is -0.108. The van der Waals surface area contributed by atoms with Crippen molar-refractivity contribution < 1.29 is 4.79 Å². The molecule has 2 N–H and O–H groups in total. The van der Waals surface area contributed by atoms with Crippen LogP contribution in [0.25, 0.3) is 0 Å². The first-order chi connectivity index (χ1) is 10.4. The van der Waals surface area contributed by atoms with Gasteiger partial charge in [0.2, 0.25) is 0 Å². The van der Waals surface area contributed by atoms with E-state index in [9.17, 15) is 4.79 Å². The van der Waals surface area contributed by atoms with Crippen molar-refractivity contribution in [2.75, 3.05) is 26.2 Å². The number of fused-ring (bicyclic) bond motifs is 1. The van der Waals surface area contributed by atoms with E-state index in [-0.39, 0.29) is 0 Å². The van der Waals surface area contributed by atoms with Crippen LogP contribution in [0.2, 0.25) is 0 Å². The van der Waals surface area contributed by atoms with E-state index in [1.165, 1.54) is 23.1 Å². The van der Waals surface area contributed by atoms with Gasteiger partial charge in [-0.3, -0.25) is 0 Å². The van der Waals surface area contributed by atoms with Gasteiger partial charge in [0.25, 0.3) is 0 Å². The van der Waals surface area contributed by atoms with Crippen molar-refractivity contribution in [1.82, 2.24) is 10.6 Å². The molecule has 21 heavy (non-hydrogen) atoms. The summed E-state index contributed by atoms with van der Waals surface area (Å²) >= 11 is 0. The molecule has 2 aliphatic heterocycles. The van der Waals surface area contributed by atoms with E-state index in [4.69, 9.17) is 0 Å². The van der Waals surface area contributed by atoms with E-state index in [1.807, 2.05) is 0 Å². The average molecular weight is 286 g/mol. The Kier molecular flexibility index (Phi) is 5.04. The molecule has 3 rings (SSSR count). The van der Waals surface area contributed by atoms with E-state index < -0.39 is 0 Å². The standard InChI is InChI=1S/C18H26N2O/c21-11-1-2-15-6-10-20-13-18(15)17-4-3-14-5-8-19-9-7-16(14)12-17/h3-4,11-12,15,18-20H,1-2,5-10,13H2. The Hall–Kier alpha value is -1.19. The molecule has 2 atom stereocenters. The van der Waals surface area contributed by atoms with Gasteiger partial charge in [-0.1, -0.05) is 18.2 Å². The second-order valence-corrected chi connectivity index (χ2v) is 6.38. The fraction of sp³-hybridized carbons (Fsp3) is 0.611. The third kappa shape index (κ3) is 3.53. The van der Waals surface area contributed by atoms with E-state index in [0.29, 0.717) is 18.3 Å². The highest BCUT2D eigenvalue weighted by molar-refractivity contribution is 5.49. The van der Waals surface area contributed by atoms with E-state index in [1.54, 1.807) is 0 Å². The Morgan fingerprint density at radius 2 is 1.95 bits per heavy atom. The number of hydrogen-bond donors (Lipinski definition) is 2. The Morgan fingerprint density at radius 3 is 2.81 bits per heavy atom. The summed E-state index contributed by atoms with van der Waals surface area (Å²) in [6, 6.07) is 7.10. The maximum atomic E-state index is 10.7. The Morgan fingerprint density at radius 1 is 1.10 bits per heavy atom. The molecule has 2 heterocycles. The molecule has 0 spiro atoms. The number of benzene rings is 1. The van der Waals surface area contributed by atoms with Crippen LogP contribution in [0.15, 0.2) is 18.2 Å². The lowest BCUT2D eigenvalue weighted by atomic mass is 9.78. The van der Waals surface area contributed by atoms with Crippen molar-refractivity contribution in [3.63, 3.8) is 0 Å². The average Bonchev–Trinajstić information content (AvgIpc) is 2.77. The molecule has 3 nitrogen and oxygen atoms in total. The Balaban J connectivity index is 1.80. The van der Waals surface area contributed by atoms with Crippen LogP contribution in [-0.4, -0.2) is 32.5 Å². The first kappa shape index (κ1) is 14.7. The monoisotopic (exact) mass is 286 g/mol. The van der Waals surface area contributed by atoms with E-state index in [0.717, 1.165) is 51.7 Å². The van der Waals surface area contributed by atoms with Crippen molar-refractivity contribution in [3.8, 4) is 0 Å². The van der Waals surface area contributed by atoms with Gasteiger partial charge in [-0.2, -0.15) is 0 Å². The maximum Gasteiger partial charge on any atom is 0.120 e. The summed E-state index contributed by atoms with van der Waals surface area (Å²) in [5.74, 6) is 1.22. The van der Waals surface area contributed by atoms with Gasteiger partial charge in [0.1, 0.15) is 6.29 Å². The number of rotatable bonds is 4. The molecule has 0 aromatic heterocycles. The highest BCUT2D eigenvalue weighted by Gasteiger charge is 2.26. The molecule has 1 fully saturated rings. The molecule has 1 aromatic rings. The summed E-state index contributed by atoms with van der Waals surface area (Å²) in [6.45, 7) is 4.34. The molecule has 2 aliphatic rings. The minimum absolute atomic E-state index is 0.570. The summed E-state index contributed by atoms with van der Waals surface area (Å²) in [7, 11) is 0. The molecule has 0 aliphatic carbocycles. The van der Waals surface area contributed by atoms with Gasteiger partial charge in [-0.15, -0.1) is 0 Å². The molecule has 2 unspecified atom stereocenters. The fourth-order valence-corrected chi connectivity index (χ4v) is 3.85. The maximum absolute atomic E-state index is 10.7. The van der Waals surface area contributed by atoms with Crippen molar-refractivity contribution >= 4 is 6.29 Å². The normalized spacial score (nSPS) is 25.9. The lowest BCUT2D eigenvalue weighted by Crippen LogP contribution is -2.35. The first-order valence-electron chi connectivity index (χ1n) is 8.35. The summed E-state index contributed by atoms with van der Waals surface area (Å²) in [6.07, 6.45) is 6.29. The van der Waals surface area contributed by atoms with E-state index >= 15 is 0 Å². The Labute approximate surface area is 127 Å². The topological polar surface area (TPSA) is 41.1 Å². The number of carbonyl (C=O) groups is 1. The summed E-state index contributed by atoms with van der Waals surface area (Å²) in [5.41, 5.74) is 4.51. The zero-order chi connectivity index (χ0) is 14.5. The summed E-state index contributed by atoms with van der Waals surface area (Å²) in [5, 5.41) is 7.01. The van der Waals surface area contributed by atoms with Gasteiger partial charge < -0.3 is 15.4 Å². The minimum Gasteiger partial charge on any atom is -0.316 e. The van der Waals surface area contributed by atoms with Crippen molar-refractivity contribution in [3.05, 3.63) is 34.9 Å². The van der Waals surface area contributed by atoms with Gasteiger partial charge in [0.15, 0.2) is 0 Å². The number of carbonyl (C=O) groups excluding carboxylic acids is 1. The van der Waals surface area contributed by atoms with Crippen molar-refractivity contribution in [1.29, 1.82) is 0 Å². The fourth-order valence-electron chi connectivity index (χ4n) is 3.85. The molecule has 0 radical (unpaired) electrons. The second-order valence-electron chi connectivity index (χ2n) is 6.38.